The summed E-state index contributed by atoms with van der Waals surface area (Å²) >= 11 is 2.97. The van der Waals surface area contributed by atoms with Gasteiger partial charge in [-0.2, -0.15) is 0 Å². The molecule has 1 aromatic carbocycles. The summed E-state index contributed by atoms with van der Waals surface area (Å²) in [7, 11) is -3.27. The lowest BCUT2D eigenvalue weighted by molar-refractivity contribution is 0.593. The molecule has 0 radical (unpaired) electrons. The normalized spacial score (nSPS) is 12.3. The van der Waals surface area contributed by atoms with Gasteiger partial charge in [0.05, 0.1) is 26.7 Å². The van der Waals surface area contributed by atoms with Crippen LogP contribution in [0.1, 0.15) is 41.0 Å². The molecule has 0 unspecified atom stereocenters. The second-order valence-electron chi connectivity index (χ2n) is 5.94. The maximum absolute atomic E-state index is 12.4. The molecule has 0 saturated carbocycles. The molecule has 3 rings (SSSR count). The summed E-state index contributed by atoms with van der Waals surface area (Å²) in [5, 5.41) is 3.46. The Balaban J connectivity index is 1.78. The zero-order valence-corrected chi connectivity index (χ0v) is 15.7. The van der Waals surface area contributed by atoms with Crippen LogP contribution in [0.4, 0.5) is 0 Å². The first-order valence-electron chi connectivity index (χ1n) is 7.33. The highest BCUT2D eigenvalue weighted by Crippen LogP contribution is 2.26. The van der Waals surface area contributed by atoms with Gasteiger partial charge in [0, 0.05) is 11.3 Å². The third-order valence-electron chi connectivity index (χ3n) is 3.36. The van der Waals surface area contributed by atoms with Crippen LogP contribution in [-0.4, -0.2) is 18.4 Å². The molecular weight excluding hydrogens is 348 g/mol. The molecule has 0 aliphatic carbocycles. The van der Waals surface area contributed by atoms with E-state index in [-0.39, 0.29) is 11.5 Å². The van der Waals surface area contributed by atoms with Crippen molar-refractivity contribution in [1.82, 2.24) is 9.97 Å². The second-order valence-corrected chi connectivity index (χ2v) is 10.0. The minimum absolute atomic E-state index is 0.0226. The van der Waals surface area contributed by atoms with E-state index in [4.69, 9.17) is 0 Å². The summed E-state index contributed by atoms with van der Waals surface area (Å²) in [5.41, 5.74) is 2.63. The highest BCUT2D eigenvalue weighted by molar-refractivity contribution is 7.90. The molecule has 0 atom stereocenters. The predicted molar refractivity (Wildman–Crippen MR) is 96.9 cm³/mol. The Kier molecular flexibility index (Phi) is 4.53. The summed E-state index contributed by atoms with van der Waals surface area (Å²) in [5.74, 6) is 0.273. The van der Waals surface area contributed by atoms with Crippen molar-refractivity contribution in [3.63, 3.8) is 0 Å². The highest BCUT2D eigenvalue weighted by Gasteiger charge is 2.18. The molecule has 2 heterocycles. The van der Waals surface area contributed by atoms with Crippen molar-refractivity contribution in [3.8, 4) is 0 Å². The van der Waals surface area contributed by atoms with Crippen LogP contribution in [-0.2, 0) is 21.3 Å². The van der Waals surface area contributed by atoms with E-state index < -0.39 is 9.84 Å². The van der Waals surface area contributed by atoms with E-state index >= 15 is 0 Å². The number of fused-ring (bicyclic) bond motifs is 1. The summed E-state index contributed by atoms with van der Waals surface area (Å²) in [6, 6.07) is 5.99. The van der Waals surface area contributed by atoms with Crippen molar-refractivity contribution >= 4 is 42.7 Å². The number of sulfone groups is 1. The van der Waals surface area contributed by atoms with E-state index in [9.17, 15) is 8.42 Å². The fourth-order valence-corrected chi connectivity index (χ4v) is 5.86. The fraction of sp³-hybridized carbons (Fsp3) is 0.375. The Morgan fingerprint density at radius 1 is 1.17 bits per heavy atom. The minimum Gasteiger partial charge on any atom is -0.245 e. The number of thiazole rings is 2. The molecule has 0 aliphatic rings. The van der Waals surface area contributed by atoms with Crippen LogP contribution in [0.5, 0.6) is 0 Å². The third kappa shape index (κ3) is 3.97. The minimum atomic E-state index is -3.27. The largest absolute Gasteiger partial charge is 0.245 e. The molecule has 0 aliphatic heterocycles. The monoisotopic (exact) mass is 366 g/mol. The van der Waals surface area contributed by atoms with E-state index in [1.54, 1.807) is 0 Å². The quantitative estimate of drug-likeness (QED) is 0.675. The first-order chi connectivity index (χ1) is 10.8. The standard InChI is InChI=1S/C16H18N2O2S3/c1-10(2)16-17-12(7-21-16)8-23(19,20)9-15-18-13-6-11(3)4-5-14(13)22-15/h4-7,10H,8-9H2,1-3H3. The topological polar surface area (TPSA) is 59.9 Å². The molecule has 0 saturated heterocycles. The number of aromatic nitrogens is 2. The van der Waals surface area contributed by atoms with Crippen LogP contribution in [0.25, 0.3) is 10.2 Å². The van der Waals surface area contributed by atoms with Gasteiger partial charge in [-0.1, -0.05) is 19.9 Å². The van der Waals surface area contributed by atoms with Crippen LogP contribution < -0.4 is 0 Å². The Morgan fingerprint density at radius 3 is 2.65 bits per heavy atom. The van der Waals surface area contributed by atoms with Crippen molar-refractivity contribution in [2.45, 2.75) is 38.2 Å². The second kappa shape index (κ2) is 6.30. The van der Waals surface area contributed by atoms with Crippen molar-refractivity contribution in [1.29, 1.82) is 0 Å². The zero-order valence-electron chi connectivity index (χ0n) is 13.2. The molecule has 0 N–H and O–H groups in total. The van der Waals surface area contributed by atoms with Gasteiger partial charge >= 0.3 is 0 Å². The summed E-state index contributed by atoms with van der Waals surface area (Å²) in [6.07, 6.45) is 0. The lowest BCUT2D eigenvalue weighted by Crippen LogP contribution is -2.08. The number of aryl methyl sites for hydroxylation is 1. The smallest absolute Gasteiger partial charge is 0.162 e. The molecule has 122 valence electrons. The van der Waals surface area contributed by atoms with Crippen LogP contribution in [0.3, 0.4) is 0 Å². The van der Waals surface area contributed by atoms with Gasteiger partial charge in [-0.3, -0.25) is 0 Å². The molecule has 2 aromatic heterocycles. The lowest BCUT2D eigenvalue weighted by Gasteiger charge is -2.00. The molecule has 4 nitrogen and oxygen atoms in total. The first kappa shape index (κ1) is 16.5. The summed E-state index contributed by atoms with van der Waals surface area (Å²) in [4.78, 5) is 8.87. The van der Waals surface area contributed by atoms with Gasteiger partial charge in [-0.25, -0.2) is 18.4 Å². The number of benzene rings is 1. The molecule has 0 amide bonds. The van der Waals surface area contributed by atoms with Gasteiger partial charge in [0.1, 0.15) is 10.8 Å². The van der Waals surface area contributed by atoms with E-state index in [0.29, 0.717) is 16.6 Å². The number of hydrogen-bond donors (Lipinski definition) is 0. The van der Waals surface area contributed by atoms with Gasteiger partial charge in [0.2, 0.25) is 0 Å². The van der Waals surface area contributed by atoms with Crippen LogP contribution in [0, 0.1) is 6.92 Å². The number of rotatable bonds is 5. The summed E-state index contributed by atoms with van der Waals surface area (Å²) in [6.45, 7) is 6.12. The van der Waals surface area contributed by atoms with Crippen LogP contribution in [0.2, 0.25) is 0 Å². The average Bonchev–Trinajstić information content (AvgIpc) is 3.03. The van der Waals surface area contributed by atoms with Gasteiger partial charge in [0.15, 0.2) is 9.84 Å². The summed E-state index contributed by atoms with van der Waals surface area (Å²) < 4.78 is 25.9. The van der Waals surface area contributed by atoms with E-state index in [0.717, 1.165) is 20.8 Å². The van der Waals surface area contributed by atoms with E-state index in [1.807, 2.05) is 30.5 Å². The Labute approximate surface area is 144 Å². The zero-order chi connectivity index (χ0) is 16.6. The highest BCUT2D eigenvalue weighted by atomic mass is 32.2. The van der Waals surface area contributed by atoms with Gasteiger partial charge in [-0.05, 0) is 24.6 Å². The fourth-order valence-electron chi connectivity index (χ4n) is 2.27. The number of hydrogen-bond acceptors (Lipinski definition) is 6. The molecule has 3 aromatic rings. The maximum atomic E-state index is 12.4. The first-order valence-corrected chi connectivity index (χ1v) is 10.8. The Morgan fingerprint density at radius 2 is 1.96 bits per heavy atom. The van der Waals surface area contributed by atoms with Gasteiger partial charge < -0.3 is 0 Å². The number of nitrogens with zero attached hydrogens (tertiary/aromatic N) is 2. The molecule has 23 heavy (non-hydrogen) atoms. The van der Waals surface area contributed by atoms with Crippen molar-refractivity contribution in [2.75, 3.05) is 0 Å². The molecule has 0 bridgehead atoms. The van der Waals surface area contributed by atoms with Gasteiger partial charge in [0.25, 0.3) is 0 Å². The van der Waals surface area contributed by atoms with E-state index in [2.05, 4.69) is 23.8 Å². The average molecular weight is 367 g/mol. The van der Waals surface area contributed by atoms with Crippen LogP contribution >= 0.6 is 22.7 Å². The molecular formula is C16H18N2O2S3. The molecule has 0 fully saturated rings. The van der Waals surface area contributed by atoms with E-state index in [1.165, 1.54) is 22.7 Å². The molecule has 7 heteroatoms. The lowest BCUT2D eigenvalue weighted by atomic mass is 10.2. The molecule has 0 spiro atoms. The van der Waals surface area contributed by atoms with Crippen LogP contribution in [0.15, 0.2) is 23.6 Å². The SMILES string of the molecule is Cc1ccc2sc(CS(=O)(=O)Cc3csc(C(C)C)n3)nc2c1. The Bertz CT molecular complexity index is 939. The maximum Gasteiger partial charge on any atom is 0.162 e. The van der Waals surface area contributed by atoms with Crippen molar-refractivity contribution in [2.24, 2.45) is 0 Å². The van der Waals surface area contributed by atoms with Crippen molar-refractivity contribution in [3.05, 3.63) is 44.9 Å². The predicted octanol–water partition coefficient (Wildman–Crippen LogP) is 4.30. The third-order valence-corrected chi connectivity index (χ3v) is 7.22. The van der Waals surface area contributed by atoms with Gasteiger partial charge in [-0.15, -0.1) is 22.7 Å². The Hall–Kier alpha value is -1.31. The van der Waals surface area contributed by atoms with Crippen molar-refractivity contribution < 1.29 is 8.42 Å².